The van der Waals surface area contributed by atoms with Crippen LogP contribution < -0.4 is 10.1 Å². The predicted octanol–water partition coefficient (Wildman–Crippen LogP) is -3.19. The number of carbonyl (C=O) groups is 1. The Labute approximate surface area is 159 Å². The van der Waals surface area contributed by atoms with Crippen molar-refractivity contribution in [3.05, 3.63) is 17.5 Å². The molecule has 12 heteroatoms. The third kappa shape index (κ3) is 4.67. The predicted molar refractivity (Wildman–Crippen MR) is 90.4 cm³/mol. The molecule has 0 aromatic carbocycles. The third-order valence-electron chi connectivity index (χ3n) is 4.40. The monoisotopic (exact) mass is 404 g/mol. The van der Waals surface area contributed by atoms with Crippen molar-refractivity contribution in [3.63, 3.8) is 0 Å². The van der Waals surface area contributed by atoms with E-state index >= 15 is 0 Å². The van der Waals surface area contributed by atoms with E-state index < -0.39 is 55.9 Å². The summed E-state index contributed by atoms with van der Waals surface area (Å²) in [5, 5.41) is 69.8. The zero-order chi connectivity index (χ0) is 21.0. The summed E-state index contributed by atoms with van der Waals surface area (Å²) < 4.78 is 10.7. The molecule has 2 rings (SSSR count). The first-order chi connectivity index (χ1) is 13.2. The maximum atomic E-state index is 11.0. The molecule has 1 saturated heterocycles. The Morgan fingerprint density at radius 2 is 1.96 bits per heavy atom. The van der Waals surface area contributed by atoms with Crippen LogP contribution in [0.25, 0.3) is 0 Å². The molecule has 1 aromatic rings. The summed E-state index contributed by atoms with van der Waals surface area (Å²) >= 11 is 0. The van der Waals surface area contributed by atoms with Gasteiger partial charge in [-0.2, -0.15) is 0 Å². The first-order valence-electron chi connectivity index (χ1n) is 8.42. The number of carboxylic acid groups (broad SMARTS) is 1. The van der Waals surface area contributed by atoms with Crippen LogP contribution in [0.2, 0.25) is 0 Å². The minimum atomic E-state index is -1.67. The molecule has 0 bridgehead atoms. The second-order valence-corrected chi connectivity index (χ2v) is 6.30. The molecule has 12 nitrogen and oxygen atoms in total. The smallest absolute Gasteiger partial charge is 0.323 e. The van der Waals surface area contributed by atoms with E-state index in [0.29, 0.717) is 0 Å². The van der Waals surface area contributed by atoms with Gasteiger partial charge in [0.05, 0.1) is 30.7 Å². The number of aliphatic hydroxyl groups is 5. The van der Waals surface area contributed by atoms with Gasteiger partial charge in [-0.25, -0.2) is 0 Å². The molecule has 0 aliphatic carbocycles. The third-order valence-corrected chi connectivity index (χ3v) is 4.40. The van der Waals surface area contributed by atoms with Gasteiger partial charge < -0.3 is 45.2 Å². The first-order valence-corrected chi connectivity index (χ1v) is 8.42. The van der Waals surface area contributed by atoms with Crippen LogP contribution in [0.5, 0.6) is 11.5 Å². The normalized spacial score (nSPS) is 28.7. The fourth-order valence-electron chi connectivity index (χ4n) is 2.65. The summed E-state index contributed by atoms with van der Waals surface area (Å²) in [5.74, 6) is -1.71. The molecule has 1 aliphatic heterocycles. The van der Waals surface area contributed by atoms with Gasteiger partial charge in [-0.3, -0.25) is 15.1 Å². The Morgan fingerprint density at radius 1 is 1.29 bits per heavy atom. The Hall–Kier alpha value is -2.06. The molecule has 28 heavy (non-hydrogen) atoms. The molecule has 1 aromatic heterocycles. The molecule has 6 atom stereocenters. The van der Waals surface area contributed by atoms with Crippen molar-refractivity contribution in [1.82, 2.24) is 10.3 Å². The van der Waals surface area contributed by atoms with Gasteiger partial charge in [-0.15, -0.1) is 0 Å². The Bertz CT molecular complexity index is 686. The van der Waals surface area contributed by atoms with Crippen LogP contribution in [0.3, 0.4) is 0 Å². The SMILES string of the molecule is Cc1ncc(O[C@@H]2O[C@H](CO)[C@@H](O)[C@H](O)[C@H]2O)c(CN[C@@H](CO)C(=O)O)c1O. The molecule has 158 valence electrons. The number of aromatic hydroxyl groups is 1. The molecule has 1 fully saturated rings. The lowest BCUT2D eigenvalue weighted by atomic mass is 9.99. The second kappa shape index (κ2) is 9.43. The summed E-state index contributed by atoms with van der Waals surface area (Å²) in [7, 11) is 0. The van der Waals surface area contributed by atoms with Crippen molar-refractivity contribution in [2.75, 3.05) is 13.2 Å². The van der Waals surface area contributed by atoms with Crippen LogP contribution in [0.4, 0.5) is 0 Å². The van der Waals surface area contributed by atoms with E-state index in [1.165, 1.54) is 13.1 Å². The van der Waals surface area contributed by atoms with Crippen LogP contribution in [-0.4, -0.2) is 96.7 Å². The minimum absolute atomic E-state index is 0.0733. The number of nitrogens with one attached hydrogen (secondary N) is 1. The summed E-state index contributed by atoms with van der Waals surface area (Å²) in [6, 6.07) is -1.30. The van der Waals surface area contributed by atoms with Crippen LogP contribution in [-0.2, 0) is 16.1 Å². The number of hydrogen-bond donors (Lipinski definition) is 8. The average molecular weight is 404 g/mol. The Kier molecular flexibility index (Phi) is 7.48. The Balaban J connectivity index is 2.25. The number of aromatic nitrogens is 1. The molecule has 1 aliphatic rings. The van der Waals surface area contributed by atoms with Gasteiger partial charge in [-0.1, -0.05) is 0 Å². The lowest BCUT2D eigenvalue weighted by Crippen LogP contribution is -2.60. The highest BCUT2D eigenvalue weighted by Gasteiger charge is 2.45. The topological polar surface area (TPSA) is 202 Å². The van der Waals surface area contributed by atoms with Crippen LogP contribution in [0.1, 0.15) is 11.3 Å². The number of rotatable bonds is 8. The number of aliphatic carboxylic acids is 1. The largest absolute Gasteiger partial charge is 0.506 e. The molecular weight excluding hydrogens is 380 g/mol. The van der Waals surface area contributed by atoms with Gasteiger partial charge in [0.1, 0.15) is 42.0 Å². The summed E-state index contributed by atoms with van der Waals surface area (Å²) in [6.45, 7) is -0.0762. The molecular formula is C16H24N2O10. The van der Waals surface area contributed by atoms with E-state index in [2.05, 4.69) is 10.3 Å². The zero-order valence-corrected chi connectivity index (χ0v) is 15.0. The van der Waals surface area contributed by atoms with Crippen molar-refractivity contribution >= 4 is 5.97 Å². The number of hydrogen-bond acceptors (Lipinski definition) is 11. The van der Waals surface area contributed by atoms with E-state index in [1.54, 1.807) is 0 Å². The van der Waals surface area contributed by atoms with Crippen molar-refractivity contribution < 1.29 is 50.0 Å². The second-order valence-electron chi connectivity index (χ2n) is 6.30. The highest BCUT2D eigenvalue weighted by molar-refractivity contribution is 5.73. The van der Waals surface area contributed by atoms with E-state index in [1.807, 2.05) is 0 Å². The number of aliphatic hydroxyl groups excluding tert-OH is 5. The van der Waals surface area contributed by atoms with E-state index in [9.17, 15) is 30.3 Å². The average Bonchev–Trinajstić information content (AvgIpc) is 2.67. The quantitative estimate of drug-likeness (QED) is 0.216. The van der Waals surface area contributed by atoms with E-state index in [-0.39, 0.29) is 29.3 Å². The minimum Gasteiger partial charge on any atom is -0.506 e. The van der Waals surface area contributed by atoms with Gasteiger partial charge in [0.15, 0.2) is 0 Å². The standard InChI is InChI=1S/C16H24N2O10/c1-6-11(21)7(2-18-8(4-19)15(25)26)9(3-17-6)27-16-14(24)13(23)12(22)10(5-20)28-16/h3,8,10,12-14,16,18-24H,2,4-5H2,1H3,(H,25,26)/t8-,10+,12+,13-,14+,16+/m0/s1. The van der Waals surface area contributed by atoms with Crippen LogP contribution in [0, 0.1) is 6.92 Å². The highest BCUT2D eigenvalue weighted by atomic mass is 16.7. The Morgan fingerprint density at radius 3 is 2.54 bits per heavy atom. The number of ether oxygens (including phenoxy) is 2. The summed E-state index contributed by atoms with van der Waals surface area (Å²) in [4.78, 5) is 14.9. The molecule has 0 spiro atoms. The van der Waals surface area contributed by atoms with Crippen molar-refractivity contribution in [2.24, 2.45) is 0 Å². The molecule has 2 heterocycles. The van der Waals surface area contributed by atoms with Gasteiger partial charge in [0.25, 0.3) is 0 Å². The summed E-state index contributed by atoms with van der Waals surface area (Å²) in [6.07, 6.45) is -6.40. The van der Waals surface area contributed by atoms with Crippen LogP contribution >= 0.6 is 0 Å². The highest BCUT2D eigenvalue weighted by Crippen LogP contribution is 2.32. The fourth-order valence-corrected chi connectivity index (χ4v) is 2.65. The van der Waals surface area contributed by atoms with Crippen molar-refractivity contribution in [2.45, 2.75) is 50.2 Å². The van der Waals surface area contributed by atoms with Gasteiger partial charge in [-0.05, 0) is 6.92 Å². The maximum absolute atomic E-state index is 11.0. The van der Waals surface area contributed by atoms with E-state index in [0.717, 1.165) is 0 Å². The van der Waals surface area contributed by atoms with Crippen molar-refractivity contribution in [3.8, 4) is 11.5 Å². The van der Waals surface area contributed by atoms with Gasteiger partial charge in [0.2, 0.25) is 6.29 Å². The maximum Gasteiger partial charge on any atom is 0.323 e. The fraction of sp³-hybridized carbons (Fsp3) is 0.625. The summed E-state index contributed by atoms with van der Waals surface area (Å²) in [5.41, 5.74) is 0.290. The zero-order valence-electron chi connectivity index (χ0n) is 15.0. The first kappa shape index (κ1) is 22.2. The lowest BCUT2D eigenvalue weighted by molar-refractivity contribution is -0.277. The number of carboxylic acids is 1. The number of aryl methyl sites for hydroxylation is 1. The van der Waals surface area contributed by atoms with E-state index in [4.69, 9.17) is 19.7 Å². The molecule has 0 radical (unpaired) electrons. The molecule has 8 N–H and O–H groups in total. The number of pyridine rings is 1. The lowest BCUT2D eigenvalue weighted by Gasteiger charge is -2.39. The molecule has 0 saturated carbocycles. The van der Waals surface area contributed by atoms with Crippen LogP contribution in [0.15, 0.2) is 6.20 Å². The number of nitrogens with zero attached hydrogens (tertiary/aromatic N) is 1. The van der Waals surface area contributed by atoms with Crippen molar-refractivity contribution in [1.29, 1.82) is 0 Å². The molecule has 0 amide bonds. The van der Waals surface area contributed by atoms with Gasteiger partial charge >= 0.3 is 5.97 Å². The van der Waals surface area contributed by atoms with Gasteiger partial charge in [0, 0.05) is 6.54 Å². The molecule has 0 unspecified atom stereocenters.